The molecule has 1 saturated carbocycles. The number of fused-ring (bicyclic) bond motifs is 1. The number of carbonyl (C=O) groups is 1. The van der Waals surface area contributed by atoms with Crippen LogP contribution >= 0.6 is 0 Å². The van der Waals surface area contributed by atoms with Crippen LogP contribution in [0.1, 0.15) is 53.4 Å². The Morgan fingerprint density at radius 1 is 1.38 bits per heavy atom. The second kappa shape index (κ2) is 3.72. The quantitative estimate of drug-likeness (QED) is 0.482. The Balaban J connectivity index is 2.48. The minimum absolute atomic E-state index is 0.0917. The predicted octanol–water partition coefficient (Wildman–Crippen LogP) is 3.98. The molecule has 2 rings (SSSR count). The zero-order valence-electron chi connectivity index (χ0n) is 11.0. The average molecular weight is 220 g/mol. The summed E-state index contributed by atoms with van der Waals surface area (Å²) >= 11 is 0. The van der Waals surface area contributed by atoms with E-state index in [0.29, 0.717) is 11.8 Å². The molecule has 90 valence electrons. The van der Waals surface area contributed by atoms with E-state index in [0.717, 1.165) is 0 Å². The molecule has 1 nitrogen and oxygen atoms in total. The molecule has 0 aromatic carbocycles. The van der Waals surface area contributed by atoms with Crippen LogP contribution in [0, 0.1) is 22.7 Å². The molecule has 2 aliphatic carbocycles. The van der Waals surface area contributed by atoms with Gasteiger partial charge < -0.3 is 4.79 Å². The third-order valence-corrected chi connectivity index (χ3v) is 5.60. The molecule has 0 radical (unpaired) electrons. The van der Waals surface area contributed by atoms with Crippen LogP contribution in [0.5, 0.6) is 0 Å². The molecule has 0 amide bonds. The first-order valence-corrected chi connectivity index (χ1v) is 6.60. The van der Waals surface area contributed by atoms with Gasteiger partial charge in [-0.1, -0.05) is 32.4 Å². The summed E-state index contributed by atoms with van der Waals surface area (Å²) in [6.45, 7) is 8.99. The highest BCUT2D eigenvalue weighted by Crippen LogP contribution is 2.58. The van der Waals surface area contributed by atoms with Crippen molar-refractivity contribution in [2.75, 3.05) is 0 Å². The van der Waals surface area contributed by atoms with Crippen molar-refractivity contribution in [1.82, 2.24) is 0 Å². The summed E-state index contributed by atoms with van der Waals surface area (Å²) in [6, 6.07) is 0. The summed E-state index contributed by atoms with van der Waals surface area (Å²) in [5, 5.41) is 0. The molecule has 0 saturated heterocycles. The van der Waals surface area contributed by atoms with Gasteiger partial charge in [-0.05, 0) is 49.9 Å². The van der Waals surface area contributed by atoms with E-state index in [1.54, 1.807) is 0 Å². The topological polar surface area (TPSA) is 17.1 Å². The van der Waals surface area contributed by atoms with Gasteiger partial charge in [-0.25, -0.2) is 0 Å². The maximum absolute atomic E-state index is 11.7. The number of hydrogen-bond donors (Lipinski definition) is 0. The summed E-state index contributed by atoms with van der Waals surface area (Å²) in [6.07, 6.45) is 8.59. The zero-order valence-corrected chi connectivity index (χ0v) is 11.0. The molecule has 3 atom stereocenters. The van der Waals surface area contributed by atoms with E-state index in [4.69, 9.17) is 0 Å². The Labute approximate surface area is 99.3 Å². The largest absolute Gasteiger partial charge is 0.302 e. The molecule has 0 aromatic heterocycles. The van der Waals surface area contributed by atoms with Crippen LogP contribution in [0.2, 0.25) is 0 Å². The van der Waals surface area contributed by atoms with E-state index in [2.05, 4.69) is 33.8 Å². The van der Waals surface area contributed by atoms with Gasteiger partial charge in [0.2, 0.25) is 0 Å². The lowest BCUT2D eigenvalue weighted by Crippen LogP contribution is -2.49. The first kappa shape index (κ1) is 11.9. The fourth-order valence-corrected chi connectivity index (χ4v) is 3.65. The van der Waals surface area contributed by atoms with Crippen LogP contribution in [-0.4, -0.2) is 6.29 Å². The predicted molar refractivity (Wildman–Crippen MR) is 67.2 cm³/mol. The van der Waals surface area contributed by atoms with Crippen LogP contribution in [0.3, 0.4) is 0 Å². The summed E-state index contributed by atoms with van der Waals surface area (Å²) in [7, 11) is 0. The summed E-state index contributed by atoms with van der Waals surface area (Å²) in [4.78, 5) is 11.7. The molecule has 0 heterocycles. The molecule has 0 spiro atoms. The van der Waals surface area contributed by atoms with Gasteiger partial charge in [0.15, 0.2) is 0 Å². The van der Waals surface area contributed by atoms with Gasteiger partial charge in [0.05, 0.1) is 0 Å². The smallest absolute Gasteiger partial charge is 0.130 e. The van der Waals surface area contributed by atoms with Crippen LogP contribution in [0.4, 0.5) is 0 Å². The van der Waals surface area contributed by atoms with Gasteiger partial charge in [-0.15, -0.1) is 0 Å². The highest BCUT2D eigenvalue weighted by molar-refractivity contribution is 5.67. The van der Waals surface area contributed by atoms with Crippen molar-refractivity contribution < 1.29 is 4.79 Å². The van der Waals surface area contributed by atoms with Crippen LogP contribution in [-0.2, 0) is 4.79 Å². The SMILES string of the molecule is CC1CC2CCCC=C2C(C)(C=O)C1(C)C. The monoisotopic (exact) mass is 220 g/mol. The van der Waals surface area contributed by atoms with Gasteiger partial charge in [-0.3, -0.25) is 0 Å². The van der Waals surface area contributed by atoms with E-state index in [1.165, 1.54) is 37.5 Å². The maximum atomic E-state index is 11.7. The van der Waals surface area contributed by atoms with E-state index < -0.39 is 0 Å². The highest BCUT2D eigenvalue weighted by Gasteiger charge is 2.52. The van der Waals surface area contributed by atoms with Crippen LogP contribution < -0.4 is 0 Å². The van der Waals surface area contributed by atoms with Gasteiger partial charge in [-0.2, -0.15) is 0 Å². The number of aldehydes is 1. The van der Waals surface area contributed by atoms with Gasteiger partial charge in [0, 0.05) is 5.41 Å². The summed E-state index contributed by atoms with van der Waals surface area (Å²) in [5.74, 6) is 1.30. The minimum atomic E-state index is -0.240. The molecular formula is C15H24O. The molecule has 16 heavy (non-hydrogen) atoms. The molecule has 3 unspecified atom stereocenters. The molecular weight excluding hydrogens is 196 g/mol. The van der Waals surface area contributed by atoms with Crippen molar-refractivity contribution in [3.8, 4) is 0 Å². The summed E-state index contributed by atoms with van der Waals surface area (Å²) in [5.41, 5.74) is 1.29. The standard InChI is InChI=1S/C15H24O/c1-11-9-12-7-5-6-8-13(12)15(4,10-16)14(11,2)3/h8,10-12H,5-7,9H2,1-4H3. The molecule has 2 aliphatic rings. The van der Waals surface area contributed by atoms with Crippen LogP contribution in [0.15, 0.2) is 11.6 Å². The number of carbonyl (C=O) groups excluding carboxylic acids is 1. The normalized spacial score (nSPS) is 42.1. The van der Waals surface area contributed by atoms with E-state index >= 15 is 0 Å². The fraction of sp³-hybridized carbons (Fsp3) is 0.800. The zero-order chi connectivity index (χ0) is 12.0. The molecule has 0 aromatic rings. The Morgan fingerprint density at radius 3 is 2.69 bits per heavy atom. The molecule has 0 aliphatic heterocycles. The number of rotatable bonds is 1. The second-order valence-electron chi connectivity index (χ2n) is 6.47. The van der Waals surface area contributed by atoms with E-state index in [9.17, 15) is 4.79 Å². The Morgan fingerprint density at radius 2 is 2.06 bits per heavy atom. The lowest BCUT2D eigenvalue weighted by Gasteiger charge is -2.54. The van der Waals surface area contributed by atoms with Crippen molar-refractivity contribution >= 4 is 6.29 Å². The number of allylic oxidation sites excluding steroid dienone is 2. The van der Waals surface area contributed by atoms with Gasteiger partial charge in [0.1, 0.15) is 6.29 Å². The first-order valence-electron chi connectivity index (χ1n) is 6.60. The van der Waals surface area contributed by atoms with Crippen molar-refractivity contribution in [2.24, 2.45) is 22.7 Å². The molecule has 1 heteroatoms. The molecule has 1 fully saturated rings. The van der Waals surface area contributed by atoms with E-state index in [1.807, 2.05) is 0 Å². The molecule has 0 bridgehead atoms. The van der Waals surface area contributed by atoms with Crippen molar-refractivity contribution in [3.63, 3.8) is 0 Å². The van der Waals surface area contributed by atoms with E-state index in [-0.39, 0.29) is 10.8 Å². The lowest BCUT2D eigenvalue weighted by molar-refractivity contribution is -0.124. The Hall–Kier alpha value is -0.590. The van der Waals surface area contributed by atoms with Crippen molar-refractivity contribution in [2.45, 2.75) is 53.4 Å². The minimum Gasteiger partial charge on any atom is -0.302 e. The van der Waals surface area contributed by atoms with Gasteiger partial charge >= 0.3 is 0 Å². The van der Waals surface area contributed by atoms with Crippen molar-refractivity contribution in [3.05, 3.63) is 11.6 Å². The Bertz CT molecular complexity index is 326. The fourth-order valence-electron chi connectivity index (χ4n) is 3.65. The highest BCUT2D eigenvalue weighted by atomic mass is 16.1. The summed E-state index contributed by atoms with van der Waals surface area (Å²) < 4.78 is 0. The van der Waals surface area contributed by atoms with Gasteiger partial charge in [0.25, 0.3) is 0 Å². The third kappa shape index (κ3) is 1.40. The number of hydrogen-bond acceptors (Lipinski definition) is 1. The van der Waals surface area contributed by atoms with Crippen LogP contribution in [0.25, 0.3) is 0 Å². The average Bonchev–Trinajstić information content (AvgIpc) is 2.27. The lowest BCUT2D eigenvalue weighted by atomic mass is 9.49. The molecule has 0 N–H and O–H groups in total. The second-order valence-corrected chi connectivity index (χ2v) is 6.47. The third-order valence-electron chi connectivity index (χ3n) is 5.60. The maximum Gasteiger partial charge on any atom is 0.130 e. The van der Waals surface area contributed by atoms with Crippen molar-refractivity contribution in [1.29, 1.82) is 0 Å². The Kier molecular flexibility index (Phi) is 2.76. The first-order chi connectivity index (χ1) is 7.43.